The molecule has 1 unspecified atom stereocenters. The summed E-state index contributed by atoms with van der Waals surface area (Å²) in [6, 6.07) is 3.73. The number of carbonyl (C=O) groups excluding carboxylic acids is 1. The molecule has 104 valence electrons. The van der Waals surface area contributed by atoms with Gasteiger partial charge in [0.2, 0.25) is 0 Å². The van der Waals surface area contributed by atoms with Gasteiger partial charge in [-0.2, -0.15) is 0 Å². The standard InChI is InChI=1S/C14H21N3O2/c1-14(2)8-10(6-7-19-14)17-13(18)12-5-4-11(15-3)9-16-12/h4-5,9-10,15H,6-8H2,1-3H3,(H,17,18). The summed E-state index contributed by atoms with van der Waals surface area (Å²) >= 11 is 0. The molecule has 0 spiro atoms. The molecule has 19 heavy (non-hydrogen) atoms. The van der Waals surface area contributed by atoms with Gasteiger partial charge in [-0.15, -0.1) is 0 Å². The quantitative estimate of drug-likeness (QED) is 0.873. The molecule has 1 aromatic heterocycles. The van der Waals surface area contributed by atoms with Gasteiger partial charge < -0.3 is 15.4 Å². The van der Waals surface area contributed by atoms with Crippen LogP contribution in [0.2, 0.25) is 0 Å². The molecule has 1 saturated heterocycles. The fourth-order valence-electron chi connectivity index (χ4n) is 2.29. The van der Waals surface area contributed by atoms with Crippen LogP contribution in [0.15, 0.2) is 18.3 Å². The Hall–Kier alpha value is -1.62. The second-order valence-electron chi connectivity index (χ2n) is 5.45. The number of rotatable bonds is 3. The van der Waals surface area contributed by atoms with Crippen molar-refractivity contribution in [2.24, 2.45) is 0 Å². The average Bonchev–Trinajstić information content (AvgIpc) is 2.37. The molecule has 1 amide bonds. The van der Waals surface area contributed by atoms with Crippen molar-refractivity contribution in [1.29, 1.82) is 0 Å². The summed E-state index contributed by atoms with van der Waals surface area (Å²) < 4.78 is 5.64. The lowest BCUT2D eigenvalue weighted by Gasteiger charge is -2.35. The van der Waals surface area contributed by atoms with Crippen LogP contribution in [0.3, 0.4) is 0 Å². The molecule has 2 heterocycles. The molecule has 1 aromatic rings. The van der Waals surface area contributed by atoms with Crippen LogP contribution in [-0.4, -0.2) is 36.2 Å². The molecule has 0 radical (unpaired) electrons. The first kappa shape index (κ1) is 13.8. The second kappa shape index (κ2) is 5.57. The molecule has 1 fully saturated rings. The number of amides is 1. The number of nitrogens with one attached hydrogen (secondary N) is 2. The third kappa shape index (κ3) is 3.67. The highest BCUT2D eigenvalue weighted by molar-refractivity contribution is 5.92. The summed E-state index contributed by atoms with van der Waals surface area (Å²) in [5, 5.41) is 6.00. The number of hydrogen-bond acceptors (Lipinski definition) is 4. The summed E-state index contributed by atoms with van der Waals surface area (Å²) in [7, 11) is 1.82. The molecule has 2 rings (SSSR count). The second-order valence-corrected chi connectivity index (χ2v) is 5.45. The number of hydrogen-bond donors (Lipinski definition) is 2. The van der Waals surface area contributed by atoms with Crippen molar-refractivity contribution >= 4 is 11.6 Å². The highest BCUT2D eigenvalue weighted by Gasteiger charge is 2.29. The molecular weight excluding hydrogens is 242 g/mol. The number of ether oxygens (including phenoxy) is 1. The van der Waals surface area contributed by atoms with E-state index in [4.69, 9.17) is 4.74 Å². The zero-order valence-electron chi connectivity index (χ0n) is 11.7. The Labute approximate surface area is 113 Å². The summed E-state index contributed by atoms with van der Waals surface area (Å²) in [6.07, 6.45) is 3.33. The van der Waals surface area contributed by atoms with E-state index in [0.29, 0.717) is 12.3 Å². The molecule has 0 saturated carbocycles. The molecule has 0 aliphatic carbocycles. The van der Waals surface area contributed by atoms with Crippen LogP contribution < -0.4 is 10.6 Å². The van der Waals surface area contributed by atoms with E-state index in [1.807, 2.05) is 27.0 Å². The minimum atomic E-state index is -0.167. The van der Waals surface area contributed by atoms with Crippen LogP contribution in [0.25, 0.3) is 0 Å². The number of pyridine rings is 1. The molecular formula is C14H21N3O2. The zero-order chi connectivity index (χ0) is 13.9. The summed E-state index contributed by atoms with van der Waals surface area (Å²) in [5.41, 5.74) is 1.17. The largest absolute Gasteiger partial charge is 0.387 e. The van der Waals surface area contributed by atoms with Gasteiger partial charge in [0.05, 0.1) is 17.5 Å². The van der Waals surface area contributed by atoms with Gasteiger partial charge in [0.1, 0.15) is 5.69 Å². The molecule has 2 N–H and O–H groups in total. The van der Waals surface area contributed by atoms with E-state index in [2.05, 4.69) is 15.6 Å². The van der Waals surface area contributed by atoms with E-state index in [0.717, 1.165) is 18.5 Å². The number of nitrogens with zero attached hydrogens (tertiary/aromatic N) is 1. The summed E-state index contributed by atoms with van der Waals surface area (Å²) in [4.78, 5) is 16.2. The maximum absolute atomic E-state index is 12.1. The molecule has 0 aromatic carbocycles. The molecule has 1 aliphatic heterocycles. The van der Waals surface area contributed by atoms with Crippen molar-refractivity contribution in [1.82, 2.24) is 10.3 Å². The van der Waals surface area contributed by atoms with Gasteiger partial charge in [-0.1, -0.05) is 0 Å². The van der Waals surface area contributed by atoms with E-state index in [-0.39, 0.29) is 17.6 Å². The first-order valence-electron chi connectivity index (χ1n) is 6.59. The van der Waals surface area contributed by atoms with Crippen LogP contribution in [0.4, 0.5) is 5.69 Å². The van der Waals surface area contributed by atoms with E-state index >= 15 is 0 Å². The molecule has 5 nitrogen and oxygen atoms in total. The minimum absolute atomic E-state index is 0.120. The lowest BCUT2D eigenvalue weighted by molar-refractivity contribution is -0.0615. The molecule has 5 heteroatoms. The van der Waals surface area contributed by atoms with Crippen molar-refractivity contribution < 1.29 is 9.53 Å². The molecule has 1 aliphatic rings. The Morgan fingerprint density at radius 3 is 2.84 bits per heavy atom. The van der Waals surface area contributed by atoms with Gasteiger partial charge in [-0.05, 0) is 38.8 Å². The number of anilines is 1. The Kier molecular flexibility index (Phi) is 4.04. The van der Waals surface area contributed by atoms with Crippen molar-refractivity contribution in [3.8, 4) is 0 Å². The third-order valence-corrected chi connectivity index (χ3v) is 3.32. The van der Waals surface area contributed by atoms with E-state index in [1.165, 1.54) is 0 Å². The monoisotopic (exact) mass is 263 g/mol. The van der Waals surface area contributed by atoms with Crippen LogP contribution >= 0.6 is 0 Å². The van der Waals surface area contributed by atoms with Crippen molar-refractivity contribution in [2.75, 3.05) is 19.0 Å². The van der Waals surface area contributed by atoms with Gasteiger partial charge in [-0.3, -0.25) is 4.79 Å². The van der Waals surface area contributed by atoms with Crippen molar-refractivity contribution in [2.45, 2.75) is 38.3 Å². The predicted octanol–water partition coefficient (Wildman–Crippen LogP) is 1.81. The third-order valence-electron chi connectivity index (χ3n) is 3.32. The van der Waals surface area contributed by atoms with E-state index < -0.39 is 0 Å². The van der Waals surface area contributed by atoms with Crippen molar-refractivity contribution in [3.05, 3.63) is 24.0 Å². The SMILES string of the molecule is CNc1ccc(C(=O)NC2CCOC(C)(C)C2)nc1. The maximum Gasteiger partial charge on any atom is 0.270 e. The number of aromatic nitrogens is 1. The first-order valence-corrected chi connectivity index (χ1v) is 6.59. The fourth-order valence-corrected chi connectivity index (χ4v) is 2.29. The van der Waals surface area contributed by atoms with E-state index in [1.54, 1.807) is 12.3 Å². The van der Waals surface area contributed by atoms with Gasteiger partial charge in [0.15, 0.2) is 0 Å². The molecule has 1 atom stereocenters. The highest BCUT2D eigenvalue weighted by Crippen LogP contribution is 2.24. The normalized spacial score (nSPS) is 21.7. The highest BCUT2D eigenvalue weighted by atomic mass is 16.5. The van der Waals surface area contributed by atoms with Crippen LogP contribution in [0, 0.1) is 0 Å². The van der Waals surface area contributed by atoms with Crippen LogP contribution in [-0.2, 0) is 4.74 Å². The maximum atomic E-state index is 12.1. The minimum Gasteiger partial charge on any atom is -0.387 e. The van der Waals surface area contributed by atoms with Crippen LogP contribution in [0.5, 0.6) is 0 Å². The fraction of sp³-hybridized carbons (Fsp3) is 0.571. The lowest BCUT2D eigenvalue weighted by Crippen LogP contribution is -2.45. The lowest BCUT2D eigenvalue weighted by atomic mass is 9.94. The predicted molar refractivity (Wildman–Crippen MR) is 74.3 cm³/mol. The summed E-state index contributed by atoms with van der Waals surface area (Å²) in [6.45, 7) is 4.78. The Balaban J connectivity index is 1.96. The van der Waals surface area contributed by atoms with Crippen LogP contribution in [0.1, 0.15) is 37.2 Å². The average molecular weight is 263 g/mol. The smallest absolute Gasteiger partial charge is 0.270 e. The van der Waals surface area contributed by atoms with Crippen molar-refractivity contribution in [3.63, 3.8) is 0 Å². The zero-order valence-corrected chi connectivity index (χ0v) is 11.7. The summed E-state index contributed by atoms with van der Waals surface area (Å²) in [5.74, 6) is -0.120. The topological polar surface area (TPSA) is 63.2 Å². The van der Waals surface area contributed by atoms with Gasteiger partial charge >= 0.3 is 0 Å². The Bertz CT molecular complexity index is 443. The van der Waals surface area contributed by atoms with Gasteiger partial charge in [0.25, 0.3) is 5.91 Å². The van der Waals surface area contributed by atoms with E-state index in [9.17, 15) is 4.79 Å². The Morgan fingerprint density at radius 1 is 1.47 bits per heavy atom. The molecule has 0 bridgehead atoms. The number of carbonyl (C=O) groups is 1. The Morgan fingerprint density at radius 2 is 2.26 bits per heavy atom. The van der Waals surface area contributed by atoms with Gasteiger partial charge in [0, 0.05) is 19.7 Å². The van der Waals surface area contributed by atoms with Gasteiger partial charge in [-0.25, -0.2) is 4.98 Å². The first-order chi connectivity index (χ1) is 9.00.